The molecule has 1 aliphatic rings. The quantitative estimate of drug-likeness (QED) is 0.289. The van der Waals surface area contributed by atoms with Crippen molar-refractivity contribution in [3.63, 3.8) is 0 Å². The average Bonchev–Trinajstić information content (AvgIpc) is 2.18. The van der Waals surface area contributed by atoms with Crippen molar-refractivity contribution in [1.82, 2.24) is 0 Å². The molecule has 0 radical (unpaired) electrons. The van der Waals surface area contributed by atoms with Gasteiger partial charge in [-0.1, -0.05) is 0 Å². The Bertz CT molecular complexity index is 290. The Kier molecular flexibility index (Phi) is 4.06. The van der Waals surface area contributed by atoms with Crippen LogP contribution in [0.25, 0.3) is 0 Å². The molecule has 1 fully saturated rings. The van der Waals surface area contributed by atoms with Crippen LogP contribution in [0.1, 0.15) is 0 Å². The number of aliphatic hydroxyl groups excluding tert-OH is 3. The van der Waals surface area contributed by atoms with Crippen molar-refractivity contribution < 1.29 is 44.0 Å². The van der Waals surface area contributed by atoms with Crippen LogP contribution in [0.15, 0.2) is 0 Å². The topological polar surface area (TPSA) is 157 Å². The van der Waals surface area contributed by atoms with E-state index in [4.69, 9.17) is 14.9 Å². The number of hydrogen-bond donors (Lipinski definition) is 6. The van der Waals surface area contributed by atoms with Crippen molar-refractivity contribution in [2.24, 2.45) is 0 Å². The molecule has 0 bridgehead atoms. The first-order valence-electron chi connectivity index (χ1n) is 4.26. The van der Waals surface area contributed by atoms with E-state index in [9.17, 15) is 19.9 Å². The summed E-state index contributed by atoms with van der Waals surface area (Å²) in [6.45, 7) is -1.54. The van der Waals surface area contributed by atoms with E-state index in [2.05, 4.69) is 9.26 Å². The van der Waals surface area contributed by atoms with Gasteiger partial charge < -0.3 is 34.9 Å². The predicted molar refractivity (Wildman–Crippen MR) is 46.9 cm³/mol. The second-order valence-electron chi connectivity index (χ2n) is 3.42. The number of phosphoric acid groups is 1. The van der Waals surface area contributed by atoms with Gasteiger partial charge in [0.25, 0.3) is 0 Å². The van der Waals surface area contributed by atoms with Gasteiger partial charge in [-0.15, -0.1) is 0 Å². The lowest BCUT2D eigenvalue weighted by molar-refractivity contribution is -0.329. The summed E-state index contributed by atoms with van der Waals surface area (Å²) in [6, 6.07) is 0. The predicted octanol–water partition coefficient (Wildman–Crippen LogP) is -3.10. The second-order valence-corrected chi connectivity index (χ2v) is 4.66. The third-order valence-corrected chi connectivity index (χ3v) is 2.59. The normalized spacial score (nSPS) is 41.0. The summed E-state index contributed by atoms with van der Waals surface area (Å²) in [5, 5.41) is 37.2. The smallest absolute Gasteiger partial charge is 0.388 e. The van der Waals surface area contributed by atoms with E-state index in [-0.39, 0.29) is 0 Å². The third-order valence-electron chi connectivity index (χ3n) is 2.12. The highest BCUT2D eigenvalue weighted by Crippen LogP contribution is 2.38. The molecule has 1 heterocycles. The fourth-order valence-electron chi connectivity index (χ4n) is 1.19. The fourth-order valence-corrected chi connectivity index (χ4v) is 1.55. The Labute approximate surface area is 90.1 Å². The molecule has 1 aliphatic heterocycles. The molecular weight excluding hydrogens is 247 g/mol. The lowest BCUT2D eigenvalue weighted by atomic mass is 9.98. The van der Waals surface area contributed by atoms with E-state index in [1.165, 1.54) is 0 Å². The van der Waals surface area contributed by atoms with Crippen LogP contribution in [-0.4, -0.2) is 67.5 Å². The van der Waals surface area contributed by atoms with Gasteiger partial charge in [0.15, 0.2) is 0 Å². The second kappa shape index (κ2) is 4.65. The van der Waals surface area contributed by atoms with E-state index in [0.29, 0.717) is 0 Å². The minimum atomic E-state index is -4.83. The molecule has 1 rings (SSSR count). The van der Waals surface area contributed by atoms with Gasteiger partial charge in [-0.05, 0) is 0 Å². The number of ether oxygens (including phenoxy) is 1. The van der Waals surface area contributed by atoms with E-state index in [1.54, 1.807) is 0 Å². The first-order valence-corrected chi connectivity index (χ1v) is 5.79. The molecule has 0 spiro atoms. The van der Waals surface area contributed by atoms with Crippen LogP contribution in [-0.2, 0) is 13.8 Å². The summed E-state index contributed by atoms with van der Waals surface area (Å²) in [6.07, 6.45) is -5.03. The number of phosphoric ester groups is 1. The highest BCUT2D eigenvalue weighted by Gasteiger charge is 2.49. The van der Waals surface area contributed by atoms with Crippen molar-refractivity contribution in [1.29, 1.82) is 0 Å². The largest absolute Gasteiger partial charge is 0.469 e. The summed E-state index contributed by atoms with van der Waals surface area (Å²) in [4.78, 5) is 16.8. The molecule has 1 saturated heterocycles. The molecule has 0 aromatic heterocycles. The third kappa shape index (κ3) is 3.20. The van der Waals surface area contributed by atoms with Crippen molar-refractivity contribution in [2.45, 2.75) is 24.1 Å². The van der Waals surface area contributed by atoms with E-state index in [0.717, 1.165) is 0 Å². The van der Waals surface area contributed by atoms with Crippen LogP contribution < -0.4 is 0 Å². The van der Waals surface area contributed by atoms with Gasteiger partial charge in [-0.2, -0.15) is 0 Å². The number of hydrogen-bond acceptors (Lipinski definition) is 7. The van der Waals surface area contributed by atoms with Gasteiger partial charge in [-0.25, -0.2) is 4.57 Å². The van der Waals surface area contributed by atoms with Gasteiger partial charge in [0.2, 0.25) is 5.79 Å². The van der Waals surface area contributed by atoms with Gasteiger partial charge >= 0.3 is 7.82 Å². The van der Waals surface area contributed by atoms with Crippen LogP contribution in [0.3, 0.4) is 0 Å². The molecular formula is C6H13O9P. The molecule has 0 amide bonds. The molecule has 16 heavy (non-hydrogen) atoms. The summed E-state index contributed by atoms with van der Waals surface area (Å²) >= 11 is 0. The van der Waals surface area contributed by atoms with Crippen LogP contribution in [0.5, 0.6) is 0 Å². The van der Waals surface area contributed by atoms with Gasteiger partial charge in [-0.3, -0.25) is 4.52 Å². The Balaban J connectivity index is 2.66. The maximum atomic E-state index is 10.4. The molecule has 9 nitrogen and oxygen atoms in total. The monoisotopic (exact) mass is 260 g/mol. The van der Waals surface area contributed by atoms with E-state index < -0.39 is 45.1 Å². The van der Waals surface area contributed by atoms with Crippen molar-refractivity contribution in [3.05, 3.63) is 0 Å². The van der Waals surface area contributed by atoms with Crippen LogP contribution in [0, 0.1) is 0 Å². The summed E-state index contributed by atoms with van der Waals surface area (Å²) < 4.78 is 18.9. The van der Waals surface area contributed by atoms with Crippen LogP contribution >= 0.6 is 7.82 Å². The van der Waals surface area contributed by atoms with E-state index >= 15 is 0 Å². The number of rotatable bonds is 3. The first kappa shape index (κ1) is 14.0. The number of aliphatic hydroxyl groups is 4. The summed E-state index contributed by atoms with van der Waals surface area (Å²) in [7, 11) is -4.83. The molecule has 0 aromatic rings. The maximum Gasteiger partial charge on any atom is 0.469 e. The Morgan fingerprint density at radius 2 is 1.94 bits per heavy atom. The molecule has 6 N–H and O–H groups in total. The highest BCUT2D eigenvalue weighted by molar-refractivity contribution is 7.46. The standard InChI is InChI=1S/C6H13O9P/c7-3-1-14-6(10,5(9)4(3)8)2-15-16(11,12)13/h3-5,7-10H,1-2H2,(H2,11,12,13)/t3-,4?,5?,6-/m1/s1. The van der Waals surface area contributed by atoms with Gasteiger partial charge in [0.1, 0.15) is 24.9 Å². The SMILES string of the molecule is O=P(O)(O)OC[C@@]1(O)OC[C@@H](O)C(O)C1O. The van der Waals surface area contributed by atoms with E-state index in [1.807, 2.05) is 0 Å². The minimum Gasteiger partial charge on any atom is -0.388 e. The lowest BCUT2D eigenvalue weighted by Crippen LogP contribution is -2.62. The summed E-state index contributed by atoms with van der Waals surface area (Å²) in [5.41, 5.74) is 0. The van der Waals surface area contributed by atoms with Crippen molar-refractivity contribution >= 4 is 7.82 Å². The molecule has 96 valence electrons. The molecule has 0 aromatic carbocycles. The molecule has 10 heteroatoms. The molecule has 2 unspecified atom stereocenters. The minimum absolute atomic E-state index is 0.501. The summed E-state index contributed by atoms with van der Waals surface area (Å²) in [5.74, 6) is -2.47. The Hall–Kier alpha value is -0.0900. The lowest BCUT2D eigenvalue weighted by Gasteiger charge is -2.41. The molecule has 4 atom stereocenters. The molecule has 0 aliphatic carbocycles. The zero-order chi connectivity index (χ0) is 12.6. The fraction of sp³-hybridized carbons (Fsp3) is 1.00. The highest BCUT2D eigenvalue weighted by atomic mass is 31.2. The zero-order valence-corrected chi connectivity index (χ0v) is 8.90. The Morgan fingerprint density at radius 1 is 1.38 bits per heavy atom. The van der Waals surface area contributed by atoms with Crippen LogP contribution in [0.2, 0.25) is 0 Å². The Morgan fingerprint density at radius 3 is 2.44 bits per heavy atom. The average molecular weight is 260 g/mol. The molecule has 0 saturated carbocycles. The van der Waals surface area contributed by atoms with Gasteiger partial charge in [0.05, 0.1) is 6.61 Å². The first-order chi connectivity index (χ1) is 7.16. The van der Waals surface area contributed by atoms with Gasteiger partial charge in [0, 0.05) is 0 Å². The zero-order valence-electron chi connectivity index (χ0n) is 8.00. The van der Waals surface area contributed by atoms with Crippen LogP contribution in [0.4, 0.5) is 0 Å². The van der Waals surface area contributed by atoms with Crippen molar-refractivity contribution in [2.75, 3.05) is 13.2 Å². The maximum absolute atomic E-state index is 10.4. The van der Waals surface area contributed by atoms with Crippen molar-refractivity contribution in [3.8, 4) is 0 Å².